The second-order valence-corrected chi connectivity index (χ2v) is 5.47. The quantitative estimate of drug-likeness (QED) is 0.472. The van der Waals surface area contributed by atoms with Crippen molar-refractivity contribution >= 4 is 23.4 Å². The zero-order valence-corrected chi connectivity index (χ0v) is 14.5. The van der Waals surface area contributed by atoms with Crippen molar-refractivity contribution in [1.82, 2.24) is 0 Å². The first kappa shape index (κ1) is 17.9. The third kappa shape index (κ3) is 4.21. The minimum absolute atomic E-state index is 0.223. The largest absolute Gasteiger partial charge is 0.496 e. The summed E-state index contributed by atoms with van der Waals surface area (Å²) >= 11 is 0. The van der Waals surface area contributed by atoms with Gasteiger partial charge in [0.15, 0.2) is 5.76 Å². The van der Waals surface area contributed by atoms with E-state index >= 15 is 0 Å². The van der Waals surface area contributed by atoms with Crippen molar-refractivity contribution in [2.24, 2.45) is 0 Å². The highest BCUT2D eigenvalue weighted by Gasteiger charge is 2.14. The second-order valence-electron chi connectivity index (χ2n) is 5.47. The lowest BCUT2D eigenvalue weighted by molar-refractivity contribution is 0.102. The van der Waals surface area contributed by atoms with Gasteiger partial charge in [-0.15, -0.1) is 0 Å². The van der Waals surface area contributed by atoms with Gasteiger partial charge < -0.3 is 19.2 Å². The van der Waals surface area contributed by atoms with Gasteiger partial charge in [-0.1, -0.05) is 18.2 Å². The standard InChI is InChI=1S/C20H17N3O4/c1-25-16-9-3-2-8-15(16)20(24)23-14-7-4-6-13(12-14)18(21)27-19(22)17-10-5-11-26-17/h2-12,21-22H,1H3,(H,23,24). The fourth-order valence-electron chi connectivity index (χ4n) is 2.39. The summed E-state index contributed by atoms with van der Waals surface area (Å²) in [6.07, 6.45) is 1.42. The molecular formula is C20H17N3O4. The highest BCUT2D eigenvalue weighted by Crippen LogP contribution is 2.20. The summed E-state index contributed by atoms with van der Waals surface area (Å²) in [5.41, 5.74) is 1.29. The molecule has 1 heterocycles. The Balaban J connectivity index is 1.72. The Morgan fingerprint density at radius 2 is 1.81 bits per heavy atom. The number of ether oxygens (including phenoxy) is 2. The van der Waals surface area contributed by atoms with Crippen LogP contribution in [0.1, 0.15) is 21.7 Å². The number of anilines is 1. The van der Waals surface area contributed by atoms with Crippen molar-refractivity contribution in [2.75, 3.05) is 12.4 Å². The molecule has 3 N–H and O–H groups in total. The van der Waals surface area contributed by atoms with Crippen LogP contribution in [0, 0.1) is 10.8 Å². The van der Waals surface area contributed by atoms with Crippen LogP contribution in [0.3, 0.4) is 0 Å². The molecule has 1 aromatic heterocycles. The van der Waals surface area contributed by atoms with Crippen LogP contribution >= 0.6 is 0 Å². The molecule has 0 spiro atoms. The van der Waals surface area contributed by atoms with Gasteiger partial charge in [-0.25, -0.2) is 0 Å². The van der Waals surface area contributed by atoms with Crippen LogP contribution in [-0.4, -0.2) is 24.8 Å². The van der Waals surface area contributed by atoms with Gasteiger partial charge >= 0.3 is 0 Å². The van der Waals surface area contributed by atoms with Gasteiger partial charge in [0, 0.05) is 11.3 Å². The Morgan fingerprint density at radius 3 is 2.56 bits per heavy atom. The molecule has 0 radical (unpaired) electrons. The van der Waals surface area contributed by atoms with E-state index in [0.717, 1.165) is 0 Å². The Morgan fingerprint density at radius 1 is 1.00 bits per heavy atom. The number of benzene rings is 2. The van der Waals surface area contributed by atoms with Gasteiger partial charge in [-0.2, -0.15) is 0 Å². The third-order valence-electron chi connectivity index (χ3n) is 3.68. The predicted molar refractivity (Wildman–Crippen MR) is 101 cm³/mol. The summed E-state index contributed by atoms with van der Waals surface area (Å²) in [4.78, 5) is 12.5. The maximum absolute atomic E-state index is 12.5. The lowest BCUT2D eigenvalue weighted by Gasteiger charge is -2.11. The molecule has 27 heavy (non-hydrogen) atoms. The zero-order chi connectivity index (χ0) is 19.2. The molecule has 0 atom stereocenters. The van der Waals surface area contributed by atoms with Gasteiger partial charge in [0.1, 0.15) is 5.75 Å². The summed E-state index contributed by atoms with van der Waals surface area (Å²) < 4.78 is 15.5. The smallest absolute Gasteiger partial charge is 0.259 e. The van der Waals surface area contributed by atoms with E-state index in [1.807, 2.05) is 0 Å². The minimum Gasteiger partial charge on any atom is -0.496 e. The van der Waals surface area contributed by atoms with Gasteiger partial charge in [0.25, 0.3) is 11.8 Å². The van der Waals surface area contributed by atoms with Crippen molar-refractivity contribution in [1.29, 1.82) is 10.8 Å². The molecule has 0 aliphatic carbocycles. The number of amides is 1. The average molecular weight is 363 g/mol. The van der Waals surface area contributed by atoms with Crippen LogP contribution < -0.4 is 10.1 Å². The number of carbonyl (C=O) groups is 1. The maximum atomic E-state index is 12.5. The number of hydrogen-bond donors (Lipinski definition) is 3. The molecule has 7 nitrogen and oxygen atoms in total. The molecule has 3 rings (SSSR count). The number of para-hydroxylation sites is 1. The molecule has 0 fully saturated rings. The summed E-state index contributed by atoms with van der Waals surface area (Å²) in [7, 11) is 1.50. The molecule has 136 valence electrons. The highest BCUT2D eigenvalue weighted by molar-refractivity contribution is 6.07. The number of carbonyl (C=O) groups excluding carboxylic acids is 1. The van der Waals surface area contributed by atoms with E-state index in [4.69, 9.17) is 24.7 Å². The summed E-state index contributed by atoms with van der Waals surface area (Å²) in [5.74, 6) is -0.145. The van der Waals surface area contributed by atoms with Crippen LogP contribution in [0.2, 0.25) is 0 Å². The Bertz CT molecular complexity index is 980. The van der Waals surface area contributed by atoms with Crippen LogP contribution in [-0.2, 0) is 4.74 Å². The van der Waals surface area contributed by atoms with E-state index in [1.54, 1.807) is 60.7 Å². The molecule has 7 heteroatoms. The average Bonchev–Trinajstić information content (AvgIpc) is 3.23. The van der Waals surface area contributed by atoms with Crippen molar-refractivity contribution in [3.8, 4) is 5.75 Å². The van der Waals surface area contributed by atoms with Crippen molar-refractivity contribution in [3.05, 3.63) is 83.8 Å². The molecule has 0 aliphatic rings. The van der Waals surface area contributed by atoms with E-state index in [1.165, 1.54) is 13.4 Å². The normalized spacial score (nSPS) is 10.1. The summed E-state index contributed by atoms with van der Waals surface area (Å²) in [6.45, 7) is 0. The first-order chi connectivity index (χ1) is 13.1. The minimum atomic E-state index is -0.333. The molecule has 0 aliphatic heterocycles. The van der Waals surface area contributed by atoms with E-state index < -0.39 is 0 Å². The number of hydrogen-bond acceptors (Lipinski definition) is 6. The number of furan rings is 1. The molecule has 0 saturated carbocycles. The molecule has 0 bridgehead atoms. The zero-order valence-electron chi connectivity index (χ0n) is 14.5. The maximum Gasteiger partial charge on any atom is 0.259 e. The van der Waals surface area contributed by atoms with E-state index in [0.29, 0.717) is 22.6 Å². The van der Waals surface area contributed by atoms with Crippen molar-refractivity contribution in [2.45, 2.75) is 0 Å². The summed E-state index contributed by atoms with van der Waals surface area (Å²) in [6, 6.07) is 16.7. The van der Waals surface area contributed by atoms with Gasteiger partial charge in [-0.05, 0) is 42.5 Å². The number of rotatable bonds is 5. The van der Waals surface area contributed by atoms with Crippen LogP contribution in [0.4, 0.5) is 5.69 Å². The first-order valence-electron chi connectivity index (χ1n) is 8.02. The van der Waals surface area contributed by atoms with Crippen molar-refractivity contribution < 1.29 is 18.7 Å². The Kier molecular flexibility index (Phi) is 5.32. The molecule has 3 aromatic rings. The van der Waals surface area contributed by atoms with Crippen LogP contribution in [0.5, 0.6) is 5.75 Å². The van der Waals surface area contributed by atoms with Gasteiger partial charge in [0.05, 0.1) is 18.9 Å². The molecule has 1 amide bonds. The third-order valence-corrected chi connectivity index (χ3v) is 3.68. The molecular weight excluding hydrogens is 346 g/mol. The highest BCUT2D eigenvalue weighted by atomic mass is 16.5. The van der Waals surface area contributed by atoms with Crippen molar-refractivity contribution in [3.63, 3.8) is 0 Å². The fraction of sp³-hybridized carbons (Fsp3) is 0.0500. The van der Waals surface area contributed by atoms with Gasteiger partial charge in [-0.3, -0.25) is 15.6 Å². The summed E-state index contributed by atoms with van der Waals surface area (Å²) in [5, 5.41) is 18.6. The van der Waals surface area contributed by atoms with E-state index in [2.05, 4.69) is 5.32 Å². The van der Waals surface area contributed by atoms with Gasteiger partial charge in [0.2, 0.25) is 5.90 Å². The SMILES string of the molecule is COc1ccccc1C(=O)Nc1cccc(C(=N)OC(=N)c2ccco2)c1. The lowest BCUT2D eigenvalue weighted by Crippen LogP contribution is -2.15. The second kappa shape index (κ2) is 8.01. The topological polar surface area (TPSA) is 108 Å². The number of methoxy groups -OCH3 is 1. The van der Waals surface area contributed by atoms with Crippen LogP contribution in [0.15, 0.2) is 71.3 Å². The monoisotopic (exact) mass is 363 g/mol. The number of nitrogens with one attached hydrogen (secondary N) is 3. The lowest BCUT2D eigenvalue weighted by atomic mass is 10.1. The molecule has 0 unspecified atom stereocenters. The van der Waals surface area contributed by atoms with E-state index in [-0.39, 0.29) is 23.5 Å². The Hall–Kier alpha value is -3.87. The Labute approximate surface area is 155 Å². The fourth-order valence-corrected chi connectivity index (χ4v) is 2.39. The first-order valence-corrected chi connectivity index (χ1v) is 8.02. The molecule has 0 saturated heterocycles. The van der Waals surface area contributed by atoms with E-state index in [9.17, 15) is 4.79 Å². The van der Waals surface area contributed by atoms with Crippen LogP contribution in [0.25, 0.3) is 0 Å². The molecule has 2 aromatic carbocycles. The predicted octanol–water partition coefficient (Wildman–Crippen LogP) is 3.91.